The molecule has 0 spiro atoms. The van der Waals surface area contributed by atoms with Crippen LogP contribution >= 0.6 is 0 Å². The van der Waals surface area contributed by atoms with Gasteiger partial charge in [-0.05, 0) is 36.3 Å². The van der Waals surface area contributed by atoms with Crippen molar-refractivity contribution in [2.75, 3.05) is 5.32 Å². The molecule has 0 bridgehead atoms. The first kappa shape index (κ1) is 18.1. The summed E-state index contributed by atoms with van der Waals surface area (Å²) in [5.41, 5.74) is 3.51. The lowest BCUT2D eigenvalue weighted by atomic mass is 10.0. The van der Waals surface area contributed by atoms with Crippen molar-refractivity contribution in [2.24, 2.45) is 0 Å². The van der Waals surface area contributed by atoms with Crippen molar-refractivity contribution in [1.82, 2.24) is 0 Å². The number of hydrogen-bond donors (Lipinski definition) is 1. The molecule has 0 aliphatic heterocycles. The monoisotopic (exact) mass is 358 g/mol. The fraction of sp³-hybridized carbons (Fsp3) is 0.0455. The molecule has 1 amide bonds. The fourth-order valence-electron chi connectivity index (χ4n) is 2.63. The number of rotatable bonds is 5. The van der Waals surface area contributed by atoms with Crippen LogP contribution in [0.3, 0.4) is 0 Å². The Kier molecular flexibility index (Phi) is 5.42. The lowest BCUT2D eigenvalue weighted by molar-refractivity contribution is -0.384. The Labute approximate surface area is 157 Å². The van der Waals surface area contributed by atoms with Gasteiger partial charge in [0.1, 0.15) is 0 Å². The van der Waals surface area contributed by atoms with Gasteiger partial charge in [-0.15, -0.1) is 0 Å². The van der Waals surface area contributed by atoms with Gasteiger partial charge in [-0.25, -0.2) is 0 Å². The van der Waals surface area contributed by atoms with Crippen LogP contribution in [0.2, 0.25) is 0 Å². The van der Waals surface area contributed by atoms with E-state index in [1.54, 1.807) is 18.2 Å². The lowest BCUT2D eigenvalue weighted by Crippen LogP contribution is -2.13. The fourth-order valence-corrected chi connectivity index (χ4v) is 2.63. The minimum absolute atomic E-state index is 0.0184. The van der Waals surface area contributed by atoms with Gasteiger partial charge in [-0.2, -0.15) is 0 Å². The number of anilines is 1. The van der Waals surface area contributed by atoms with Crippen molar-refractivity contribution >= 4 is 28.9 Å². The van der Waals surface area contributed by atoms with E-state index in [2.05, 4.69) is 5.32 Å². The van der Waals surface area contributed by atoms with Gasteiger partial charge in [-0.3, -0.25) is 14.9 Å². The molecule has 0 aliphatic carbocycles. The van der Waals surface area contributed by atoms with E-state index in [1.807, 2.05) is 61.5 Å². The van der Waals surface area contributed by atoms with Crippen molar-refractivity contribution in [3.05, 3.63) is 106 Å². The minimum Gasteiger partial charge on any atom is -0.322 e. The molecule has 0 aliphatic rings. The highest BCUT2D eigenvalue weighted by atomic mass is 16.6. The molecule has 0 unspecified atom stereocenters. The summed E-state index contributed by atoms with van der Waals surface area (Å²) < 4.78 is 0. The largest absolute Gasteiger partial charge is 0.322 e. The Balaban J connectivity index is 1.98. The van der Waals surface area contributed by atoms with Crippen LogP contribution in [-0.4, -0.2) is 10.8 Å². The Morgan fingerprint density at radius 1 is 0.963 bits per heavy atom. The summed E-state index contributed by atoms with van der Waals surface area (Å²) in [6.45, 7) is 1.98. The maximum atomic E-state index is 12.9. The molecule has 134 valence electrons. The standard InChI is InChI=1S/C22H18N2O3/c1-16-10-12-19(13-11-16)23-22(25)21(18-7-3-2-4-8-18)15-17-6-5-9-20(14-17)24(26)27/h2-15H,1H3,(H,23,25)/b21-15+. The van der Waals surface area contributed by atoms with E-state index >= 15 is 0 Å². The third-order valence-corrected chi connectivity index (χ3v) is 4.03. The second-order valence-electron chi connectivity index (χ2n) is 6.10. The SMILES string of the molecule is Cc1ccc(NC(=O)/C(=C/c2cccc([N+](=O)[O-])c2)c2ccccc2)cc1. The third kappa shape index (κ3) is 4.67. The first-order valence-electron chi connectivity index (χ1n) is 8.42. The van der Waals surface area contributed by atoms with Crippen LogP contribution in [0.5, 0.6) is 0 Å². The molecule has 0 saturated heterocycles. The van der Waals surface area contributed by atoms with E-state index in [0.717, 1.165) is 11.1 Å². The van der Waals surface area contributed by atoms with Gasteiger partial charge in [0.05, 0.1) is 4.92 Å². The second-order valence-corrected chi connectivity index (χ2v) is 6.10. The number of carbonyl (C=O) groups is 1. The molecule has 0 fully saturated rings. The van der Waals surface area contributed by atoms with Gasteiger partial charge in [0.2, 0.25) is 0 Å². The van der Waals surface area contributed by atoms with Gasteiger partial charge < -0.3 is 5.32 Å². The van der Waals surface area contributed by atoms with Crippen LogP contribution in [0.25, 0.3) is 11.6 Å². The van der Waals surface area contributed by atoms with E-state index in [1.165, 1.54) is 12.1 Å². The Hall–Kier alpha value is -3.73. The molecule has 0 atom stereocenters. The molecule has 1 N–H and O–H groups in total. The van der Waals surface area contributed by atoms with Crippen molar-refractivity contribution in [1.29, 1.82) is 0 Å². The van der Waals surface area contributed by atoms with Gasteiger partial charge in [-0.1, -0.05) is 60.2 Å². The van der Waals surface area contributed by atoms with Crippen molar-refractivity contribution in [2.45, 2.75) is 6.92 Å². The molecule has 3 rings (SSSR count). The molecular weight excluding hydrogens is 340 g/mol. The predicted octanol–water partition coefficient (Wildman–Crippen LogP) is 5.08. The summed E-state index contributed by atoms with van der Waals surface area (Å²) in [6.07, 6.45) is 1.66. The molecule has 0 saturated carbocycles. The van der Waals surface area contributed by atoms with Crippen molar-refractivity contribution in [3.8, 4) is 0 Å². The number of benzene rings is 3. The molecule has 5 heteroatoms. The zero-order valence-electron chi connectivity index (χ0n) is 14.8. The van der Waals surface area contributed by atoms with Crippen LogP contribution < -0.4 is 5.32 Å². The highest BCUT2D eigenvalue weighted by molar-refractivity contribution is 6.29. The summed E-state index contributed by atoms with van der Waals surface area (Å²) in [5.74, 6) is -0.281. The van der Waals surface area contributed by atoms with E-state index < -0.39 is 4.92 Å². The number of nitro groups is 1. The summed E-state index contributed by atoms with van der Waals surface area (Å²) in [5, 5.41) is 13.9. The van der Waals surface area contributed by atoms with Gasteiger partial charge >= 0.3 is 0 Å². The topological polar surface area (TPSA) is 72.2 Å². The molecule has 3 aromatic carbocycles. The predicted molar refractivity (Wildman–Crippen MR) is 107 cm³/mol. The first-order valence-corrected chi connectivity index (χ1v) is 8.42. The van der Waals surface area contributed by atoms with Gasteiger partial charge in [0.15, 0.2) is 0 Å². The molecule has 27 heavy (non-hydrogen) atoms. The Bertz CT molecular complexity index is 994. The molecule has 3 aromatic rings. The van der Waals surface area contributed by atoms with Crippen LogP contribution in [0.15, 0.2) is 78.9 Å². The van der Waals surface area contributed by atoms with E-state index in [-0.39, 0.29) is 11.6 Å². The first-order chi connectivity index (χ1) is 13.0. The smallest absolute Gasteiger partial charge is 0.270 e. The number of hydrogen-bond acceptors (Lipinski definition) is 3. The van der Waals surface area contributed by atoms with E-state index in [4.69, 9.17) is 0 Å². The number of nitro benzene ring substituents is 1. The summed E-state index contributed by atoms with van der Waals surface area (Å²) in [6, 6.07) is 22.9. The lowest BCUT2D eigenvalue weighted by Gasteiger charge is -2.10. The van der Waals surface area contributed by atoms with Gasteiger partial charge in [0.25, 0.3) is 11.6 Å². The normalized spacial score (nSPS) is 11.1. The maximum absolute atomic E-state index is 12.9. The number of carbonyl (C=O) groups excluding carboxylic acids is 1. The highest BCUT2D eigenvalue weighted by Gasteiger charge is 2.13. The maximum Gasteiger partial charge on any atom is 0.270 e. The number of aryl methyl sites for hydroxylation is 1. The number of nitrogens with one attached hydrogen (secondary N) is 1. The summed E-state index contributed by atoms with van der Waals surface area (Å²) in [7, 11) is 0. The van der Waals surface area contributed by atoms with Crippen LogP contribution in [0.1, 0.15) is 16.7 Å². The highest BCUT2D eigenvalue weighted by Crippen LogP contribution is 2.23. The average Bonchev–Trinajstić information content (AvgIpc) is 2.68. The zero-order chi connectivity index (χ0) is 19.2. The molecule has 5 nitrogen and oxygen atoms in total. The molecule has 0 heterocycles. The Morgan fingerprint density at radius 3 is 2.33 bits per heavy atom. The molecular formula is C22H18N2O3. The zero-order valence-corrected chi connectivity index (χ0v) is 14.8. The molecule has 0 aromatic heterocycles. The summed E-state index contributed by atoms with van der Waals surface area (Å²) >= 11 is 0. The number of amides is 1. The van der Waals surface area contributed by atoms with Crippen LogP contribution in [0, 0.1) is 17.0 Å². The summed E-state index contributed by atoms with van der Waals surface area (Å²) in [4.78, 5) is 23.5. The van der Waals surface area contributed by atoms with E-state index in [9.17, 15) is 14.9 Å². The van der Waals surface area contributed by atoms with E-state index in [0.29, 0.717) is 16.8 Å². The van der Waals surface area contributed by atoms with Gasteiger partial charge in [0, 0.05) is 23.4 Å². The van der Waals surface area contributed by atoms with Crippen molar-refractivity contribution < 1.29 is 9.72 Å². The number of nitrogens with zero attached hydrogens (tertiary/aromatic N) is 1. The van der Waals surface area contributed by atoms with Crippen molar-refractivity contribution in [3.63, 3.8) is 0 Å². The average molecular weight is 358 g/mol. The third-order valence-electron chi connectivity index (χ3n) is 4.03. The second kappa shape index (κ2) is 8.10. The molecule has 0 radical (unpaired) electrons. The Morgan fingerprint density at radius 2 is 1.67 bits per heavy atom. The minimum atomic E-state index is -0.452. The number of non-ortho nitro benzene ring substituents is 1. The quantitative estimate of drug-likeness (QED) is 0.299. The van der Waals surface area contributed by atoms with Crippen LogP contribution in [0.4, 0.5) is 11.4 Å². The van der Waals surface area contributed by atoms with Crippen LogP contribution in [-0.2, 0) is 4.79 Å².